The van der Waals surface area contributed by atoms with Crippen molar-refractivity contribution in [2.24, 2.45) is 5.92 Å². The number of carbonyl (C=O) groups is 1. The Morgan fingerprint density at radius 1 is 1.25 bits per heavy atom. The van der Waals surface area contributed by atoms with Crippen LogP contribution in [-0.4, -0.2) is 23.8 Å². The number of amides is 2. The Morgan fingerprint density at radius 3 is 2.40 bits per heavy atom. The molecular formula is C16H26N2O2. The van der Waals surface area contributed by atoms with Crippen LogP contribution in [0.1, 0.15) is 44.4 Å². The Morgan fingerprint density at radius 2 is 1.90 bits per heavy atom. The van der Waals surface area contributed by atoms with Crippen LogP contribution in [0.3, 0.4) is 0 Å². The summed E-state index contributed by atoms with van der Waals surface area (Å²) in [6.07, 6.45) is 0.709. The van der Waals surface area contributed by atoms with Crippen LogP contribution in [-0.2, 0) is 0 Å². The van der Waals surface area contributed by atoms with Gasteiger partial charge in [-0.2, -0.15) is 0 Å². The molecule has 2 unspecified atom stereocenters. The standard InChI is InChI=1S/C16H26N2O2/c1-5-13(10-19)17-16(20)18-15(11(2)3)14-9-7-6-8-12(14)4/h6-9,11,13,15,19H,5,10H2,1-4H3,(H2,17,18,20). The Hall–Kier alpha value is -1.55. The van der Waals surface area contributed by atoms with E-state index in [1.165, 1.54) is 5.56 Å². The van der Waals surface area contributed by atoms with Crippen LogP contribution in [0, 0.1) is 12.8 Å². The van der Waals surface area contributed by atoms with Crippen LogP contribution in [0.2, 0.25) is 0 Å². The molecule has 0 heterocycles. The number of urea groups is 1. The molecular weight excluding hydrogens is 252 g/mol. The molecule has 4 nitrogen and oxygen atoms in total. The van der Waals surface area contributed by atoms with Gasteiger partial charge in [0.2, 0.25) is 0 Å². The number of rotatable bonds is 6. The summed E-state index contributed by atoms with van der Waals surface area (Å²) >= 11 is 0. The van der Waals surface area contributed by atoms with E-state index in [4.69, 9.17) is 5.11 Å². The largest absolute Gasteiger partial charge is 0.394 e. The minimum atomic E-state index is -0.229. The van der Waals surface area contributed by atoms with Crippen molar-refractivity contribution >= 4 is 6.03 Å². The van der Waals surface area contributed by atoms with Gasteiger partial charge in [0, 0.05) is 0 Å². The summed E-state index contributed by atoms with van der Waals surface area (Å²) in [5.74, 6) is 0.288. The van der Waals surface area contributed by atoms with Crippen LogP contribution in [0.4, 0.5) is 4.79 Å². The Balaban J connectivity index is 2.79. The Labute approximate surface area is 121 Å². The zero-order valence-electron chi connectivity index (χ0n) is 12.8. The normalized spacial score (nSPS) is 13.9. The van der Waals surface area contributed by atoms with Crippen LogP contribution in [0.25, 0.3) is 0 Å². The van der Waals surface area contributed by atoms with Crippen molar-refractivity contribution < 1.29 is 9.90 Å². The monoisotopic (exact) mass is 278 g/mol. The van der Waals surface area contributed by atoms with Gasteiger partial charge in [-0.05, 0) is 30.4 Å². The first-order valence-corrected chi connectivity index (χ1v) is 7.23. The number of aliphatic hydroxyl groups excluding tert-OH is 1. The number of hydrogen-bond donors (Lipinski definition) is 3. The number of carbonyl (C=O) groups excluding carboxylic acids is 1. The van der Waals surface area contributed by atoms with Crippen molar-refractivity contribution in [2.45, 2.75) is 46.2 Å². The fraction of sp³-hybridized carbons (Fsp3) is 0.562. The van der Waals surface area contributed by atoms with Crippen molar-refractivity contribution in [1.82, 2.24) is 10.6 Å². The van der Waals surface area contributed by atoms with Gasteiger partial charge in [-0.25, -0.2) is 4.79 Å². The minimum Gasteiger partial charge on any atom is -0.394 e. The summed E-state index contributed by atoms with van der Waals surface area (Å²) in [6.45, 7) is 8.11. The van der Waals surface area contributed by atoms with E-state index in [1.54, 1.807) is 0 Å². The molecule has 1 aromatic rings. The van der Waals surface area contributed by atoms with Gasteiger partial charge in [0.15, 0.2) is 0 Å². The molecule has 0 aliphatic rings. The second-order valence-corrected chi connectivity index (χ2v) is 5.48. The van der Waals surface area contributed by atoms with Crippen molar-refractivity contribution in [2.75, 3.05) is 6.61 Å². The first-order valence-electron chi connectivity index (χ1n) is 7.23. The number of hydrogen-bond acceptors (Lipinski definition) is 2. The van der Waals surface area contributed by atoms with Gasteiger partial charge >= 0.3 is 6.03 Å². The summed E-state index contributed by atoms with van der Waals surface area (Å²) in [4.78, 5) is 12.0. The van der Waals surface area contributed by atoms with E-state index in [2.05, 4.69) is 24.5 Å². The fourth-order valence-corrected chi connectivity index (χ4v) is 2.18. The first-order chi connectivity index (χ1) is 9.49. The maximum atomic E-state index is 12.0. The van der Waals surface area contributed by atoms with Crippen molar-refractivity contribution in [1.29, 1.82) is 0 Å². The molecule has 2 amide bonds. The topological polar surface area (TPSA) is 61.4 Å². The molecule has 4 heteroatoms. The molecule has 0 saturated heterocycles. The molecule has 0 aromatic heterocycles. The Kier molecular flexibility index (Phi) is 6.52. The van der Waals surface area contributed by atoms with E-state index in [-0.39, 0.29) is 30.6 Å². The number of benzene rings is 1. The van der Waals surface area contributed by atoms with Gasteiger partial charge in [0.1, 0.15) is 0 Å². The maximum absolute atomic E-state index is 12.0. The van der Waals surface area contributed by atoms with Gasteiger partial charge in [-0.1, -0.05) is 45.0 Å². The molecule has 1 rings (SSSR count). The van der Waals surface area contributed by atoms with Crippen LogP contribution in [0.15, 0.2) is 24.3 Å². The predicted molar refractivity (Wildman–Crippen MR) is 81.6 cm³/mol. The lowest BCUT2D eigenvalue weighted by Crippen LogP contribution is -2.45. The highest BCUT2D eigenvalue weighted by Crippen LogP contribution is 2.24. The summed E-state index contributed by atoms with van der Waals surface area (Å²) < 4.78 is 0. The smallest absolute Gasteiger partial charge is 0.315 e. The van der Waals surface area contributed by atoms with Crippen molar-refractivity contribution in [3.63, 3.8) is 0 Å². The highest BCUT2D eigenvalue weighted by atomic mass is 16.3. The summed E-state index contributed by atoms with van der Waals surface area (Å²) in [6, 6.07) is 7.62. The van der Waals surface area contributed by atoms with Gasteiger partial charge in [-0.15, -0.1) is 0 Å². The minimum absolute atomic E-state index is 0.0348. The van der Waals surface area contributed by atoms with Gasteiger partial charge in [0.25, 0.3) is 0 Å². The number of aliphatic hydroxyl groups is 1. The molecule has 112 valence electrons. The quantitative estimate of drug-likeness (QED) is 0.749. The molecule has 0 saturated carbocycles. The maximum Gasteiger partial charge on any atom is 0.315 e. The fourth-order valence-electron chi connectivity index (χ4n) is 2.18. The van der Waals surface area contributed by atoms with Crippen molar-refractivity contribution in [3.8, 4) is 0 Å². The van der Waals surface area contributed by atoms with E-state index < -0.39 is 0 Å². The third kappa shape index (κ3) is 4.53. The van der Waals surface area contributed by atoms with Gasteiger partial charge in [-0.3, -0.25) is 0 Å². The van der Waals surface area contributed by atoms with Gasteiger partial charge < -0.3 is 15.7 Å². The number of aryl methyl sites for hydroxylation is 1. The van der Waals surface area contributed by atoms with Crippen molar-refractivity contribution in [3.05, 3.63) is 35.4 Å². The third-order valence-corrected chi connectivity index (χ3v) is 3.53. The molecule has 0 aliphatic heterocycles. The summed E-state index contributed by atoms with van der Waals surface area (Å²) in [5, 5.41) is 14.9. The predicted octanol–water partition coefficient (Wildman–Crippen LogP) is 2.76. The van der Waals surface area contributed by atoms with Gasteiger partial charge in [0.05, 0.1) is 18.7 Å². The first kappa shape index (κ1) is 16.5. The molecule has 0 fully saturated rings. The highest BCUT2D eigenvalue weighted by molar-refractivity contribution is 5.74. The summed E-state index contributed by atoms with van der Waals surface area (Å²) in [5.41, 5.74) is 2.30. The van der Waals surface area contributed by atoms with E-state index in [9.17, 15) is 4.79 Å². The highest BCUT2D eigenvalue weighted by Gasteiger charge is 2.20. The van der Waals surface area contributed by atoms with Crippen LogP contribution < -0.4 is 10.6 Å². The molecule has 0 bridgehead atoms. The zero-order valence-corrected chi connectivity index (χ0v) is 12.8. The molecule has 0 spiro atoms. The van der Waals surface area contributed by atoms with E-state index in [1.807, 2.05) is 38.1 Å². The molecule has 20 heavy (non-hydrogen) atoms. The Bertz CT molecular complexity index is 428. The lowest BCUT2D eigenvalue weighted by atomic mass is 9.93. The van der Waals surface area contributed by atoms with Crippen LogP contribution in [0.5, 0.6) is 0 Å². The third-order valence-electron chi connectivity index (χ3n) is 3.53. The molecule has 0 aliphatic carbocycles. The second kappa shape index (κ2) is 7.90. The van der Waals surface area contributed by atoms with E-state index >= 15 is 0 Å². The van der Waals surface area contributed by atoms with E-state index in [0.29, 0.717) is 6.42 Å². The molecule has 2 atom stereocenters. The van der Waals surface area contributed by atoms with Crippen LogP contribution >= 0.6 is 0 Å². The molecule has 3 N–H and O–H groups in total. The second-order valence-electron chi connectivity index (χ2n) is 5.48. The molecule has 1 aromatic carbocycles. The zero-order chi connectivity index (χ0) is 15.1. The lowest BCUT2D eigenvalue weighted by Gasteiger charge is -2.26. The lowest BCUT2D eigenvalue weighted by molar-refractivity contribution is 0.209. The number of nitrogens with one attached hydrogen (secondary N) is 2. The average Bonchev–Trinajstić information content (AvgIpc) is 2.43. The van der Waals surface area contributed by atoms with E-state index in [0.717, 1.165) is 5.56 Å². The molecule has 0 radical (unpaired) electrons. The summed E-state index contributed by atoms with van der Waals surface area (Å²) in [7, 11) is 0. The SMILES string of the molecule is CCC(CO)NC(=O)NC(c1ccccc1C)C(C)C. The average molecular weight is 278 g/mol.